The smallest absolute Gasteiger partial charge is 0.261 e. The van der Waals surface area contributed by atoms with Crippen LogP contribution < -0.4 is 0 Å². The molecule has 1 rings (SSSR count). The largest absolute Gasteiger partial charge is 0.511 e. The van der Waals surface area contributed by atoms with E-state index >= 15 is 0 Å². The molecule has 0 unspecified atom stereocenters. The van der Waals surface area contributed by atoms with Crippen LogP contribution in [0.15, 0.2) is 11.3 Å². The molecule has 114 valence electrons. The fourth-order valence-electron chi connectivity index (χ4n) is 2.52. The minimum absolute atomic E-state index is 0.00971. The standard InChI is InChI=1S/C16H27NO3/c1-3-5-6-7-8-9-10-11-13(18)15-14(19)12-17(4-2)16(15)20/h18H,3-12H2,1-2H3/b15-13-. The van der Waals surface area contributed by atoms with Crippen LogP contribution in [0, 0.1) is 0 Å². The van der Waals surface area contributed by atoms with Gasteiger partial charge >= 0.3 is 0 Å². The summed E-state index contributed by atoms with van der Waals surface area (Å²) in [7, 11) is 0. The number of allylic oxidation sites excluding steroid dienone is 1. The highest BCUT2D eigenvalue weighted by molar-refractivity contribution is 6.25. The Morgan fingerprint density at radius 2 is 1.65 bits per heavy atom. The Balaban J connectivity index is 2.34. The van der Waals surface area contributed by atoms with Gasteiger partial charge in [-0.15, -0.1) is 0 Å². The molecule has 1 fully saturated rings. The Bertz CT molecular complexity index is 374. The van der Waals surface area contributed by atoms with Crippen LogP contribution in [0.3, 0.4) is 0 Å². The van der Waals surface area contributed by atoms with E-state index in [0.29, 0.717) is 13.0 Å². The van der Waals surface area contributed by atoms with E-state index in [4.69, 9.17) is 0 Å². The van der Waals surface area contributed by atoms with E-state index in [1.54, 1.807) is 0 Å². The maximum Gasteiger partial charge on any atom is 0.261 e. The quantitative estimate of drug-likeness (QED) is 0.305. The Labute approximate surface area is 121 Å². The minimum Gasteiger partial charge on any atom is -0.511 e. The number of nitrogens with zero attached hydrogens (tertiary/aromatic N) is 1. The average Bonchev–Trinajstić information content (AvgIpc) is 2.72. The maximum atomic E-state index is 11.9. The minimum atomic E-state index is -0.307. The number of hydrogen-bond donors (Lipinski definition) is 1. The molecule has 0 aliphatic carbocycles. The molecule has 1 saturated heterocycles. The number of hydrogen-bond acceptors (Lipinski definition) is 3. The topological polar surface area (TPSA) is 57.6 Å². The molecule has 1 aliphatic heterocycles. The van der Waals surface area contributed by atoms with Crippen LogP contribution in [0.25, 0.3) is 0 Å². The Morgan fingerprint density at radius 1 is 1.05 bits per heavy atom. The van der Waals surface area contributed by atoms with Crippen molar-refractivity contribution in [1.29, 1.82) is 0 Å². The highest BCUT2D eigenvalue weighted by Crippen LogP contribution is 2.20. The Hall–Kier alpha value is -1.32. The zero-order valence-electron chi connectivity index (χ0n) is 12.8. The molecule has 4 heteroatoms. The molecule has 4 nitrogen and oxygen atoms in total. The number of carbonyl (C=O) groups excluding carboxylic acids is 2. The monoisotopic (exact) mass is 281 g/mol. The first-order chi connectivity index (χ1) is 9.61. The molecule has 0 radical (unpaired) electrons. The van der Waals surface area contributed by atoms with Gasteiger partial charge in [0.25, 0.3) is 5.91 Å². The average molecular weight is 281 g/mol. The number of ketones is 1. The van der Waals surface area contributed by atoms with Crippen molar-refractivity contribution in [1.82, 2.24) is 4.90 Å². The number of unbranched alkanes of at least 4 members (excludes halogenated alkanes) is 6. The number of Topliss-reactive ketones (excluding diaryl/α,β-unsaturated/α-hetero) is 1. The summed E-state index contributed by atoms with van der Waals surface area (Å²) in [4.78, 5) is 25.1. The molecule has 1 amide bonds. The van der Waals surface area contributed by atoms with Crippen molar-refractivity contribution in [3.8, 4) is 0 Å². The van der Waals surface area contributed by atoms with Crippen molar-refractivity contribution in [3.05, 3.63) is 11.3 Å². The molecule has 1 aliphatic rings. The van der Waals surface area contributed by atoms with Crippen LogP contribution in [-0.2, 0) is 9.59 Å². The van der Waals surface area contributed by atoms with Gasteiger partial charge in [-0.2, -0.15) is 0 Å². The van der Waals surface area contributed by atoms with Crippen molar-refractivity contribution in [2.24, 2.45) is 0 Å². The van der Waals surface area contributed by atoms with Gasteiger partial charge in [0.2, 0.25) is 0 Å². The molecule has 0 aromatic heterocycles. The van der Waals surface area contributed by atoms with Crippen LogP contribution in [-0.4, -0.2) is 34.8 Å². The van der Waals surface area contributed by atoms with Gasteiger partial charge in [0.05, 0.1) is 6.54 Å². The predicted molar refractivity (Wildman–Crippen MR) is 79.5 cm³/mol. The number of rotatable bonds is 9. The van der Waals surface area contributed by atoms with E-state index in [1.165, 1.54) is 30.6 Å². The van der Waals surface area contributed by atoms with Crippen molar-refractivity contribution >= 4 is 11.7 Å². The van der Waals surface area contributed by atoms with E-state index in [2.05, 4.69) is 6.92 Å². The summed E-state index contributed by atoms with van der Waals surface area (Å²) in [6.07, 6.45) is 8.51. The van der Waals surface area contributed by atoms with Gasteiger partial charge in [-0.1, -0.05) is 45.4 Å². The molecule has 20 heavy (non-hydrogen) atoms. The lowest BCUT2D eigenvalue weighted by atomic mass is 10.1. The van der Waals surface area contributed by atoms with E-state index < -0.39 is 0 Å². The summed E-state index contributed by atoms with van der Waals surface area (Å²) < 4.78 is 0. The van der Waals surface area contributed by atoms with E-state index in [-0.39, 0.29) is 29.6 Å². The molecular weight excluding hydrogens is 254 g/mol. The van der Waals surface area contributed by atoms with Crippen LogP contribution in [0.5, 0.6) is 0 Å². The van der Waals surface area contributed by atoms with E-state index in [1.807, 2.05) is 6.92 Å². The molecule has 0 spiro atoms. The SMILES string of the molecule is CCCCCCCCC/C(O)=C1\C(=O)CN(CC)C1=O. The summed E-state index contributed by atoms with van der Waals surface area (Å²) in [5, 5.41) is 9.96. The second-order valence-electron chi connectivity index (χ2n) is 5.44. The predicted octanol–water partition coefficient (Wildman–Crippen LogP) is 3.37. The lowest BCUT2D eigenvalue weighted by Crippen LogP contribution is -2.25. The third kappa shape index (κ3) is 4.66. The summed E-state index contributed by atoms with van der Waals surface area (Å²) in [5.41, 5.74) is 0.0258. The second-order valence-corrected chi connectivity index (χ2v) is 5.44. The molecule has 1 N–H and O–H groups in total. The van der Waals surface area contributed by atoms with Crippen molar-refractivity contribution in [3.63, 3.8) is 0 Å². The van der Waals surface area contributed by atoms with Gasteiger partial charge in [-0.3, -0.25) is 9.59 Å². The first kappa shape index (κ1) is 16.7. The summed E-state index contributed by atoms with van der Waals surface area (Å²) in [6.45, 7) is 4.66. The molecule has 1 heterocycles. The van der Waals surface area contributed by atoms with Gasteiger partial charge in [-0.05, 0) is 13.3 Å². The first-order valence-corrected chi connectivity index (χ1v) is 7.86. The maximum absolute atomic E-state index is 11.9. The fraction of sp³-hybridized carbons (Fsp3) is 0.750. The number of carbonyl (C=O) groups is 2. The van der Waals surface area contributed by atoms with E-state index in [9.17, 15) is 14.7 Å². The zero-order valence-corrected chi connectivity index (χ0v) is 12.8. The number of aliphatic hydroxyl groups is 1. The Morgan fingerprint density at radius 3 is 2.20 bits per heavy atom. The molecule has 0 saturated carbocycles. The lowest BCUT2D eigenvalue weighted by Gasteiger charge is -2.09. The first-order valence-electron chi connectivity index (χ1n) is 7.86. The van der Waals surface area contributed by atoms with Crippen molar-refractivity contribution in [2.75, 3.05) is 13.1 Å². The van der Waals surface area contributed by atoms with Crippen LogP contribution in [0.4, 0.5) is 0 Å². The van der Waals surface area contributed by atoms with Crippen LogP contribution in [0.2, 0.25) is 0 Å². The molecule has 0 aromatic rings. The van der Waals surface area contributed by atoms with Gasteiger partial charge < -0.3 is 10.0 Å². The van der Waals surface area contributed by atoms with Gasteiger partial charge in [0.15, 0.2) is 5.78 Å². The number of aliphatic hydroxyl groups excluding tert-OH is 1. The molecule has 0 atom stereocenters. The summed E-state index contributed by atoms with van der Waals surface area (Å²) in [5.74, 6) is -0.556. The van der Waals surface area contributed by atoms with Gasteiger partial charge in [0.1, 0.15) is 11.3 Å². The number of amides is 1. The normalized spacial score (nSPS) is 18.0. The number of likely N-dealkylation sites (tertiary alicyclic amines) is 1. The summed E-state index contributed by atoms with van der Waals surface area (Å²) in [6, 6.07) is 0. The molecular formula is C16H27NO3. The Kier molecular flexibility index (Phi) is 7.34. The second kappa shape index (κ2) is 8.77. The van der Waals surface area contributed by atoms with Crippen molar-refractivity contribution in [2.45, 2.75) is 65.2 Å². The summed E-state index contributed by atoms with van der Waals surface area (Å²) >= 11 is 0. The molecule has 0 aromatic carbocycles. The molecule has 0 bridgehead atoms. The van der Waals surface area contributed by atoms with Crippen LogP contribution >= 0.6 is 0 Å². The van der Waals surface area contributed by atoms with E-state index in [0.717, 1.165) is 19.3 Å². The third-order valence-electron chi connectivity index (χ3n) is 3.80. The van der Waals surface area contributed by atoms with Crippen LogP contribution in [0.1, 0.15) is 65.2 Å². The van der Waals surface area contributed by atoms with Gasteiger partial charge in [0, 0.05) is 13.0 Å². The third-order valence-corrected chi connectivity index (χ3v) is 3.80. The lowest BCUT2D eigenvalue weighted by molar-refractivity contribution is -0.124. The van der Waals surface area contributed by atoms with Crippen molar-refractivity contribution < 1.29 is 14.7 Å². The number of likely N-dealkylation sites (N-methyl/N-ethyl adjacent to an activating group) is 1. The zero-order chi connectivity index (χ0) is 15.0. The fourth-order valence-corrected chi connectivity index (χ4v) is 2.52. The van der Waals surface area contributed by atoms with Gasteiger partial charge in [-0.25, -0.2) is 0 Å². The highest BCUT2D eigenvalue weighted by Gasteiger charge is 2.35. The highest BCUT2D eigenvalue weighted by atomic mass is 16.3.